The number of aromatic nitrogens is 2. The zero-order valence-corrected chi connectivity index (χ0v) is 12.3. The predicted octanol–water partition coefficient (Wildman–Crippen LogP) is 2.01. The van der Waals surface area contributed by atoms with E-state index in [0.29, 0.717) is 12.1 Å². The van der Waals surface area contributed by atoms with Crippen LogP contribution in [0.2, 0.25) is 0 Å². The van der Waals surface area contributed by atoms with E-state index < -0.39 is 0 Å². The molecule has 1 aromatic heterocycles. The molecule has 0 unspecified atom stereocenters. The normalized spacial score (nSPS) is 10.4. The number of carbonyl (C=O) groups is 1. The highest BCUT2D eigenvalue weighted by atomic mass is 16.5. The molecule has 2 aromatic rings. The Labute approximate surface area is 118 Å². The van der Waals surface area contributed by atoms with E-state index in [4.69, 9.17) is 4.74 Å². The summed E-state index contributed by atoms with van der Waals surface area (Å²) in [6.45, 7) is 2.37. The van der Waals surface area contributed by atoms with Crippen molar-refractivity contribution >= 4 is 5.91 Å². The van der Waals surface area contributed by atoms with Gasteiger partial charge in [-0.2, -0.15) is 5.10 Å². The number of rotatable bonds is 4. The lowest BCUT2D eigenvalue weighted by Crippen LogP contribution is -2.27. The first-order chi connectivity index (χ1) is 9.52. The van der Waals surface area contributed by atoms with Crippen LogP contribution in [0.5, 0.6) is 5.75 Å². The second-order valence-corrected chi connectivity index (χ2v) is 4.77. The van der Waals surface area contributed by atoms with Crippen molar-refractivity contribution in [2.45, 2.75) is 13.5 Å². The third-order valence-corrected chi connectivity index (χ3v) is 3.25. The molecule has 2 rings (SSSR count). The zero-order chi connectivity index (χ0) is 14.7. The number of aryl methyl sites for hydroxylation is 1. The molecule has 0 aliphatic rings. The number of carbonyl (C=O) groups excluding carboxylic acids is 1. The Bertz CT molecular complexity index is 619. The largest absolute Gasteiger partial charge is 0.496 e. The van der Waals surface area contributed by atoms with Crippen LogP contribution in [0, 0.1) is 6.92 Å². The van der Waals surface area contributed by atoms with Gasteiger partial charge in [0.15, 0.2) is 0 Å². The minimum atomic E-state index is -0.0351. The van der Waals surface area contributed by atoms with Gasteiger partial charge in [0.1, 0.15) is 5.75 Å². The van der Waals surface area contributed by atoms with Crippen LogP contribution in [0.25, 0.3) is 0 Å². The maximum absolute atomic E-state index is 12.5. The summed E-state index contributed by atoms with van der Waals surface area (Å²) in [6.07, 6.45) is 1.87. The minimum Gasteiger partial charge on any atom is -0.496 e. The minimum absolute atomic E-state index is 0.0351. The second kappa shape index (κ2) is 5.77. The van der Waals surface area contributed by atoms with Gasteiger partial charge in [0.05, 0.1) is 19.3 Å². The van der Waals surface area contributed by atoms with Crippen molar-refractivity contribution in [1.82, 2.24) is 14.7 Å². The van der Waals surface area contributed by atoms with Crippen molar-refractivity contribution in [2.24, 2.45) is 7.05 Å². The first-order valence-corrected chi connectivity index (χ1v) is 6.40. The molecule has 1 heterocycles. The lowest BCUT2D eigenvalue weighted by molar-refractivity contribution is 0.0782. The smallest absolute Gasteiger partial charge is 0.254 e. The Morgan fingerprint density at radius 2 is 2.15 bits per heavy atom. The third-order valence-electron chi connectivity index (χ3n) is 3.25. The lowest BCUT2D eigenvalue weighted by atomic mass is 10.1. The van der Waals surface area contributed by atoms with Crippen LogP contribution in [0.4, 0.5) is 0 Å². The lowest BCUT2D eigenvalue weighted by Gasteiger charge is -2.18. The number of nitrogens with zero attached hydrogens (tertiary/aromatic N) is 3. The number of hydrogen-bond acceptors (Lipinski definition) is 3. The summed E-state index contributed by atoms with van der Waals surface area (Å²) in [5.74, 6) is 0.689. The van der Waals surface area contributed by atoms with Gasteiger partial charge in [-0.3, -0.25) is 9.48 Å². The van der Waals surface area contributed by atoms with Gasteiger partial charge >= 0.3 is 0 Å². The molecule has 106 valence electrons. The average molecular weight is 273 g/mol. The molecule has 1 amide bonds. The van der Waals surface area contributed by atoms with Crippen molar-refractivity contribution in [3.05, 3.63) is 47.3 Å². The molecule has 0 N–H and O–H groups in total. The highest BCUT2D eigenvalue weighted by Crippen LogP contribution is 2.22. The van der Waals surface area contributed by atoms with Crippen LogP contribution >= 0.6 is 0 Å². The molecule has 0 saturated heterocycles. The van der Waals surface area contributed by atoms with Crippen LogP contribution < -0.4 is 4.74 Å². The van der Waals surface area contributed by atoms with E-state index in [1.165, 1.54) is 0 Å². The van der Waals surface area contributed by atoms with Gasteiger partial charge in [0, 0.05) is 31.4 Å². The molecule has 0 bridgehead atoms. The Kier molecular flexibility index (Phi) is 4.08. The fourth-order valence-corrected chi connectivity index (χ4v) is 2.14. The van der Waals surface area contributed by atoms with Gasteiger partial charge in [-0.25, -0.2) is 0 Å². The molecular formula is C15H19N3O2. The number of benzene rings is 1. The number of ether oxygens (including phenoxy) is 1. The van der Waals surface area contributed by atoms with E-state index >= 15 is 0 Å². The molecular weight excluding hydrogens is 254 g/mol. The summed E-state index contributed by atoms with van der Waals surface area (Å²) in [4.78, 5) is 14.1. The van der Waals surface area contributed by atoms with E-state index in [9.17, 15) is 4.79 Å². The first-order valence-electron chi connectivity index (χ1n) is 6.40. The molecule has 5 heteroatoms. The van der Waals surface area contributed by atoms with E-state index in [0.717, 1.165) is 17.0 Å². The van der Waals surface area contributed by atoms with Gasteiger partial charge in [-0.05, 0) is 25.1 Å². The van der Waals surface area contributed by atoms with Gasteiger partial charge in [0.2, 0.25) is 0 Å². The van der Waals surface area contributed by atoms with Gasteiger partial charge in [0.25, 0.3) is 5.91 Å². The predicted molar refractivity (Wildman–Crippen MR) is 76.7 cm³/mol. The quantitative estimate of drug-likeness (QED) is 0.856. The molecule has 1 aromatic carbocycles. The topological polar surface area (TPSA) is 47.4 Å². The van der Waals surface area contributed by atoms with Crippen LogP contribution in [-0.4, -0.2) is 34.7 Å². The second-order valence-electron chi connectivity index (χ2n) is 4.77. The van der Waals surface area contributed by atoms with Crippen molar-refractivity contribution in [1.29, 1.82) is 0 Å². The fourth-order valence-electron chi connectivity index (χ4n) is 2.14. The van der Waals surface area contributed by atoms with Crippen molar-refractivity contribution in [2.75, 3.05) is 14.2 Å². The molecule has 20 heavy (non-hydrogen) atoms. The Morgan fingerprint density at radius 1 is 1.40 bits per heavy atom. The Hall–Kier alpha value is -2.30. The average Bonchev–Trinajstić information content (AvgIpc) is 2.83. The number of methoxy groups -OCH3 is 1. The van der Waals surface area contributed by atoms with Gasteiger partial charge < -0.3 is 9.64 Å². The SMILES string of the molecule is COc1cccc(C(=O)N(C)Cc2ccn(C)n2)c1C. The van der Waals surface area contributed by atoms with Crippen LogP contribution in [0.15, 0.2) is 30.5 Å². The molecule has 0 aliphatic heterocycles. The summed E-state index contributed by atoms with van der Waals surface area (Å²) in [7, 11) is 5.24. The van der Waals surface area contributed by atoms with Gasteiger partial charge in [-0.15, -0.1) is 0 Å². The Morgan fingerprint density at radius 3 is 2.75 bits per heavy atom. The summed E-state index contributed by atoms with van der Waals surface area (Å²) in [6, 6.07) is 7.40. The highest BCUT2D eigenvalue weighted by Gasteiger charge is 2.17. The summed E-state index contributed by atoms with van der Waals surface area (Å²) in [5.41, 5.74) is 2.37. The third kappa shape index (κ3) is 2.82. The molecule has 0 radical (unpaired) electrons. The zero-order valence-electron chi connectivity index (χ0n) is 12.3. The van der Waals surface area contributed by atoms with Gasteiger partial charge in [-0.1, -0.05) is 6.07 Å². The maximum Gasteiger partial charge on any atom is 0.254 e. The van der Waals surface area contributed by atoms with E-state index in [1.807, 2.05) is 44.4 Å². The fraction of sp³-hybridized carbons (Fsp3) is 0.333. The van der Waals surface area contributed by atoms with Crippen molar-refractivity contribution in [3.8, 4) is 5.75 Å². The molecule has 0 spiro atoms. The molecule has 0 aliphatic carbocycles. The monoisotopic (exact) mass is 273 g/mol. The number of amides is 1. The maximum atomic E-state index is 12.5. The molecule has 0 atom stereocenters. The van der Waals surface area contributed by atoms with Crippen molar-refractivity contribution in [3.63, 3.8) is 0 Å². The highest BCUT2D eigenvalue weighted by molar-refractivity contribution is 5.96. The molecule has 0 fully saturated rings. The van der Waals surface area contributed by atoms with Crippen LogP contribution in [0.3, 0.4) is 0 Å². The van der Waals surface area contributed by atoms with Crippen LogP contribution in [0.1, 0.15) is 21.6 Å². The summed E-state index contributed by atoms with van der Waals surface area (Å²) in [5, 5.41) is 4.28. The summed E-state index contributed by atoms with van der Waals surface area (Å²) >= 11 is 0. The van der Waals surface area contributed by atoms with E-state index in [-0.39, 0.29) is 5.91 Å². The van der Waals surface area contributed by atoms with E-state index in [1.54, 1.807) is 23.7 Å². The standard InChI is InChI=1S/C15H19N3O2/c1-11-13(6-5-7-14(11)20-4)15(19)17(2)10-12-8-9-18(3)16-12/h5-9H,10H2,1-4H3. The summed E-state index contributed by atoms with van der Waals surface area (Å²) < 4.78 is 6.98. The van der Waals surface area contributed by atoms with E-state index in [2.05, 4.69) is 5.10 Å². The number of hydrogen-bond donors (Lipinski definition) is 0. The first kappa shape index (κ1) is 14.1. The molecule has 0 saturated carbocycles. The Balaban J connectivity index is 2.18. The van der Waals surface area contributed by atoms with Crippen LogP contribution in [-0.2, 0) is 13.6 Å². The van der Waals surface area contributed by atoms with Crippen molar-refractivity contribution < 1.29 is 9.53 Å². The molecule has 5 nitrogen and oxygen atoms in total.